The van der Waals surface area contributed by atoms with Crippen LogP contribution in [0.1, 0.15) is 20.8 Å². The molecule has 0 heterocycles. The maximum absolute atomic E-state index is 10.2. The summed E-state index contributed by atoms with van der Waals surface area (Å²) in [6, 6.07) is -0.902. The van der Waals surface area contributed by atoms with Crippen LogP contribution in [-0.2, 0) is 4.79 Å². The number of carboxylic acid groups (broad SMARTS) is 1. The van der Waals surface area contributed by atoms with Gasteiger partial charge in [-0.2, -0.15) is 12.6 Å². The first kappa shape index (κ1) is 16.4. The Bertz CT molecular complexity index is 162. The molecule has 0 aromatic carbocycles. The topological polar surface area (TPSA) is 63.3 Å². The van der Waals surface area contributed by atoms with Crippen molar-refractivity contribution >= 4 is 40.6 Å². The lowest BCUT2D eigenvalue weighted by molar-refractivity contribution is -0.139. The molecule has 0 spiro atoms. The standard InChI is InChI=1S/C5H11NO2S.C2H5B3/c1-5(2,9)3(6)4(7)8;1-2-4-5-3/h3,9H,6H2,1-2H3,(H,7,8);2H2,1H3. The van der Waals surface area contributed by atoms with E-state index in [9.17, 15) is 4.79 Å². The molecule has 0 fully saturated rings. The van der Waals surface area contributed by atoms with E-state index in [4.69, 9.17) is 18.6 Å². The molecule has 0 aliphatic carbocycles. The van der Waals surface area contributed by atoms with E-state index in [0.29, 0.717) is 0 Å². The molecule has 0 rings (SSSR count). The van der Waals surface area contributed by atoms with Crippen LogP contribution in [0.4, 0.5) is 0 Å². The smallest absolute Gasteiger partial charge is 0.321 e. The van der Waals surface area contributed by atoms with E-state index in [2.05, 4.69) is 12.6 Å². The van der Waals surface area contributed by atoms with Crippen LogP contribution in [0.2, 0.25) is 6.32 Å². The lowest BCUT2D eigenvalue weighted by Crippen LogP contribution is -2.45. The normalized spacial score (nSPS) is 12.1. The SMILES string of the molecule is CC(C)(S)C(N)C(=O)O.[B][B][B]CC. The van der Waals surface area contributed by atoms with Crippen molar-refractivity contribution in [1.82, 2.24) is 0 Å². The Hall–Kier alpha value is -0.0252. The molecule has 3 nitrogen and oxygen atoms in total. The van der Waals surface area contributed by atoms with Gasteiger partial charge >= 0.3 is 5.97 Å². The number of carbonyl (C=O) groups is 1. The first-order valence-electron chi connectivity index (χ1n) is 4.34. The van der Waals surface area contributed by atoms with Crippen LogP contribution in [0.15, 0.2) is 0 Å². The minimum atomic E-state index is -1.02. The first-order chi connectivity index (χ1) is 6.27. The molecule has 76 valence electrons. The van der Waals surface area contributed by atoms with Gasteiger partial charge in [-0.15, -0.1) is 0 Å². The van der Waals surface area contributed by atoms with Gasteiger partial charge < -0.3 is 10.8 Å². The third-order valence-electron chi connectivity index (χ3n) is 1.40. The molecule has 0 aromatic heterocycles. The highest BCUT2D eigenvalue weighted by Crippen LogP contribution is 2.15. The fourth-order valence-electron chi connectivity index (χ4n) is 0.438. The summed E-state index contributed by atoms with van der Waals surface area (Å²) in [5, 5.41) is 8.34. The Kier molecular flexibility index (Phi) is 9.72. The summed E-state index contributed by atoms with van der Waals surface area (Å²) >= 11 is 3.98. The van der Waals surface area contributed by atoms with E-state index in [0.717, 1.165) is 6.32 Å². The molecule has 1 atom stereocenters. The highest BCUT2D eigenvalue weighted by Gasteiger charge is 2.27. The fraction of sp³-hybridized carbons (Fsp3) is 0.857. The highest BCUT2D eigenvalue weighted by atomic mass is 32.1. The maximum atomic E-state index is 10.2. The molecule has 0 bridgehead atoms. The number of carboxylic acids is 1. The van der Waals surface area contributed by atoms with Crippen molar-refractivity contribution < 1.29 is 9.90 Å². The second-order valence-electron chi connectivity index (χ2n) is 3.31. The zero-order valence-electron chi connectivity index (χ0n) is 8.90. The average Bonchev–Trinajstić information content (AvgIpc) is 2.04. The van der Waals surface area contributed by atoms with E-state index in [1.807, 2.05) is 14.1 Å². The van der Waals surface area contributed by atoms with Gasteiger partial charge in [0.1, 0.15) is 6.04 Å². The molecule has 0 amide bonds. The van der Waals surface area contributed by atoms with E-state index in [1.54, 1.807) is 20.9 Å². The van der Waals surface area contributed by atoms with Gasteiger partial charge in [0.05, 0.1) is 7.17 Å². The summed E-state index contributed by atoms with van der Waals surface area (Å²) < 4.78 is -0.647. The number of hydrogen-bond acceptors (Lipinski definition) is 3. The van der Waals surface area contributed by atoms with Crippen LogP contribution in [0, 0.1) is 0 Å². The summed E-state index contributed by atoms with van der Waals surface area (Å²) in [5.41, 5.74) is 5.22. The van der Waals surface area contributed by atoms with Gasteiger partial charge in [0.15, 0.2) is 0 Å². The predicted octanol–water partition coefficient (Wildman–Crippen LogP) is -0.0618. The van der Waals surface area contributed by atoms with Gasteiger partial charge in [-0.1, -0.05) is 13.2 Å². The van der Waals surface area contributed by atoms with E-state index < -0.39 is 16.8 Å². The summed E-state index contributed by atoms with van der Waals surface area (Å²) in [6.45, 7) is 5.37. The molecule has 7 heteroatoms. The molecule has 3 N–H and O–H groups in total. The van der Waals surface area contributed by atoms with Crippen molar-refractivity contribution in [2.24, 2.45) is 5.73 Å². The van der Waals surface area contributed by atoms with Crippen LogP contribution in [-0.4, -0.2) is 43.8 Å². The van der Waals surface area contributed by atoms with Crippen LogP contribution in [0.25, 0.3) is 0 Å². The molecule has 1 unspecified atom stereocenters. The van der Waals surface area contributed by atoms with Crippen molar-refractivity contribution in [1.29, 1.82) is 0 Å². The predicted molar refractivity (Wildman–Crippen MR) is 66.4 cm³/mol. The van der Waals surface area contributed by atoms with Crippen molar-refractivity contribution in [3.05, 3.63) is 0 Å². The van der Waals surface area contributed by atoms with Crippen molar-refractivity contribution in [2.45, 2.75) is 37.9 Å². The van der Waals surface area contributed by atoms with Gasteiger partial charge in [-0.3, -0.25) is 4.79 Å². The minimum absolute atomic E-state index is 0.647. The Morgan fingerprint density at radius 2 is 2.14 bits per heavy atom. The molecular weight excluding hydrogens is 195 g/mol. The van der Waals surface area contributed by atoms with E-state index in [-0.39, 0.29) is 0 Å². The lowest BCUT2D eigenvalue weighted by Gasteiger charge is -2.21. The van der Waals surface area contributed by atoms with Gasteiger partial charge in [-0.05, 0) is 13.8 Å². The Labute approximate surface area is 94.5 Å². The second kappa shape index (κ2) is 8.30. The van der Waals surface area contributed by atoms with Crippen molar-refractivity contribution in [2.75, 3.05) is 0 Å². The lowest BCUT2D eigenvalue weighted by atomic mass is 9.27. The Morgan fingerprint density at radius 3 is 2.14 bits per heavy atom. The Balaban J connectivity index is 0. The Morgan fingerprint density at radius 1 is 1.71 bits per heavy atom. The molecule has 0 aliphatic heterocycles. The molecule has 0 saturated heterocycles. The fourth-order valence-corrected chi connectivity index (χ4v) is 0.549. The van der Waals surface area contributed by atoms with Crippen LogP contribution < -0.4 is 5.73 Å². The summed E-state index contributed by atoms with van der Waals surface area (Å²) in [6.07, 6.45) is 1.04. The molecular formula is C7H16B3NO2S. The zero-order valence-corrected chi connectivity index (χ0v) is 9.79. The number of aliphatic carboxylic acids is 1. The van der Waals surface area contributed by atoms with Gasteiger partial charge in [-0.25, -0.2) is 0 Å². The van der Waals surface area contributed by atoms with Gasteiger partial charge in [0.25, 0.3) is 0 Å². The van der Waals surface area contributed by atoms with E-state index in [1.165, 1.54) is 0 Å². The average molecular weight is 211 g/mol. The third kappa shape index (κ3) is 10.1. The maximum Gasteiger partial charge on any atom is 0.321 e. The van der Waals surface area contributed by atoms with E-state index >= 15 is 0 Å². The third-order valence-corrected chi connectivity index (χ3v) is 1.68. The van der Waals surface area contributed by atoms with Crippen molar-refractivity contribution in [3.63, 3.8) is 0 Å². The van der Waals surface area contributed by atoms with Crippen LogP contribution >= 0.6 is 12.6 Å². The van der Waals surface area contributed by atoms with Crippen LogP contribution in [0.3, 0.4) is 0 Å². The minimum Gasteiger partial charge on any atom is -0.480 e. The number of rotatable bonds is 4. The molecule has 14 heavy (non-hydrogen) atoms. The van der Waals surface area contributed by atoms with Crippen LogP contribution in [0.5, 0.6) is 0 Å². The van der Waals surface area contributed by atoms with Gasteiger partial charge in [0, 0.05) is 19.5 Å². The number of thiol groups is 1. The summed E-state index contributed by atoms with van der Waals surface area (Å²) in [7, 11) is 8.42. The van der Waals surface area contributed by atoms with Gasteiger partial charge in [0.2, 0.25) is 0 Å². The van der Waals surface area contributed by atoms with Crippen molar-refractivity contribution in [3.8, 4) is 0 Å². The second-order valence-corrected chi connectivity index (χ2v) is 4.46. The number of nitrogens with two attached hydrogens (primary N) is 1. The highest BCUT2D eigenvalue weighted by molar-refractivity contribution is 7.81. The first-order valence-corrected chi connectivity index (χ1v) is 4.79. The number of hydrogen-bond donors (Lipinski definition) is 3. The summed E-state index contributed by atoms with van der Waals surface area (Å²) in [4.78, 5) is 10.2. The summed E-state index contributed by atoms with van der Waals surface area (Å²) in [5.74, 6) is -1.02. The quantitative estimate of drug-likeness (QED) is 0.450. The molecule has 0 aliphatic rings. The monoisotopic (exact) mass is 211 g/mol. The molecule has 0 saturated carbocycles. The zero-order chi connectivity index (χ0) is 11.8. The molecule has 0 aromatic rings. The molecule has 4 radical (unpaired) electrons. The largest absolute Gasteiger partial charge is 0.480 e.